The van der Waals surface area contributed by atoms with E-state index in [1.807, 2.05) is 44.2 Å². The number of benzene rings is 2. The molecular formula is C24H27N3O5. The summed E-state index contributed by atoms with van der Waals surface area (Å²) in [6.07, 6.45) is -1.27. The van der Waals surface area contributed by atoms with E-state index >= 15 is 0 Å². The summed E-state index contributed by atoms with van der Waals surface area (Å²) in [5.74, 6) is -1.53. The van der Waals surface area contributed by atoms with E-state index in [2.05, 4.69) is 10.3 Å². The SMILES string of the molecule is Cc1cc(C(C)Oc2ccc(C(=O)NCC(C(=O)NO)C(C)O)cc2)c2ccccc2n1. The third-order valence-electron chi connectivity index (χ3n) is 5.26. The van der Waals surface area contributed by atoms with Crippen LogP contribution < -0.4 is 15.5 Å². The number of aromatic nitrogens is 1. The van der Waals surface area contributed by atoms with Crippen molar-refractivity contribution in [3.63, 3.8) is 0 Å². The standard InChI is InChI=1S/C24H27N3O5/c1-14-12-20(19-6-4-5-7-22(19)26-14)16(3)32-18-10-8-17(9-11-18)23(29)25-13-21(15(2)28)24(30)27-31/h4-12,15-16,21,28,31H,13H2,1-3H3,(H,25,29)(H,27,30). The van der Waals surface area contributed by atoms with Gasteiger partial charge in [-0.1, -0.05) is 18.2 Å². The Balaban J connectivity index is 1.67. The number of para-hydroxylation sites is 1. The number of aryl methyl sites for hydroxylation is 1. The number of pyridine rings is 1. The van der Waals surface area contributed by atoms with E-state index < -0.39 is 23.8 Å². The highest BCUT2D eigenvalue weighted by molar-refractivity contribution is 5.94. The first-order valence-electron chi connectivity index (χ1n) is 10.3. The van der Waals surface area contributed by atoms with Crippen LogP contribution in [0, 0.1) is 12.8 Å². The molecule has 8 heteroatoms. The first kappa shape index (κ1) is 23.2. The molecule has 3 rings (SSSR count). The predicted octanol–water partition coefficient (Wildman–Crippen LogP) is 2.92. The van der Waals surface area contributed by atoms with Gasteiger partial charge in [-0.25, -0.2) is 5.48 Å². The van der Waals surface area contributed by atoms with Gasteiger partial charge in [0.1, 0.15) is 11.9 Å². The van der Waals surface area contributed by atoms with Gasteiger partial charge in [-0.3, -0.25) is 19.8 Å². The van der Waals surface area contributed by atoms with Crippen LogP contribution in [0.15, 0.2) is 54.6 Å². The summed E-state index contributed by atoms with van der Waals surface area (Å²) in [7, 11) is 0. The molecule has 0 spiro atoms. The Hall–Kier alpha value is -3.49. The van der Waals surface area contributed by atoms with E-state index in [9.17, 15) is 14.7 Å². The highest BCUT2D eigenvalue weighted by Crippen LogP contribution is 2.28. The van der Waals surface area contributed by atoms with Gasteiger partial charge in [-0.2, -0.15) is 0 Å². The molecule has 0 aliphatic heterocycles. The number of amides is 2. The highest BCUT2D eigenvalue weighted by atomic mass is 16.5. The number of nitrogens with one attached hydrogen (secondary N) is 2. The summed E-state index contributed by atoms with van der Waals surface area (Å²) >= 11 is 0. The van der Waals surface area contributed by atoms with Crippen molar-refractivity contribution in [2.75, 3.05) is 6.54 Å². The molecule has 1 heterocycles. The van der Waals surface area contributed by atoms with E-state index in [1.54, 1.807) is 24.3 Å². The fraction of sp³-hybridized carbons (Fsp3) is 0.292. The number of nitrogens with zero attached hydrogens (tertiary/aromatic N) is 1. The molecule has 3 atom stereocenters. The number of aliphatic hydroxyl groups excluding tert-OH is 1. The molecule has 0 bridgehead atoms. The maximum absolute atomic E-state index is 12.4. The highest BCUT2D eigenvalue weighted by Gasteiger charge is 2.24. The van der Waals surface area contributed by atoms with E-state index in [1.165, 1.54) is 12.4 Å². The molecule has 0 aliphatic carbocycles. The van der Waals surface area contributed by atoms with Crippen LogP contribution in [0.2, 0.25) is 0 Å². The minimum atomic E-state index is -1.03. The van der Waals surface area contributed by atoms with Gasteiger partial charge in [0, 0.05) is 28.8 Å². The van der Waals surface area contributed by atoms with Crippen LogP contribution in [-0.4, -0.2) is 39.8 Å². The monoisotopic (exact) mass is 437 g/mol. The zero-order valence-electron chi connectivity index (χ0n) is 18.2. The minimum Gasteiger partial charge on any atom is -0.486 e. The molecular weight excluding hydrogens is 410 g/mol. The van der Waals surface area contributed by atoms with Crippen molar-refractivity contribution < 1.29 is 24.6 Å². The fourth-order valence-corrected chi connectivity index (χ4v) is 3.50. The molecule has 0 aliphatic rings. The van der Waals surface area contributed by atoms with Crippen molar-refractivity contribution in [2.24, 2.45) is 5.92 Å². The van der Waals surface area contributed by atoms with Gasteiger partial charge >= 0.3 is 0 Å². The second-order valence-corrected chi connectivity index (χ2v) is 7.69. The average Bonchev–Trinajstić information content (AvgIpc) is 2.78. The Labute approximate surface area is 186 Å². The molecule has 0 fully saturated rings. The molecule has 3 unspecified atom stereocenters. The van der Waals surface area contributed by atoms with Crippen molar-refractivity contribution in [3.8, 4) is 5.75 Å². The van der Waals surface area contributed by atoms with E-state index in [4.69, 9.17) is 9.94 Å². The minimum absolute atomic E-state index is 0.118. The van der Waals surface area contributed by atoms with Gasteiger partial charge in [-0.05, 0) is 57.2 Å². The van der Waals surface area contributed by atoms with Crippen LogP contribution >= 0.6 is 0 Å². The number of hydroxylamine groups is 1. The molecule has 4 N–H and O–H groups in total. The van der Waals surface area contributed by atoms with Crippen LogP contribution in [0.5, 0.6) is 5.75 Å². The van der Waals surface area contributed by atoms with Crippen LogP contribution in [0.4, 0.5) is 0 Å². The quantitative estimate of drug-likeness (QED) is 0.318. The van der Waals surface area contributed by atoms with Gasteiger partial charge in [-0.15, -0.1) is 0 Å². The summed E-state index contributed by atoms with van der Waals surface area (Å²) in [6.45, 7) is 5.20. The van der Waals surface area contributed by atoms with Gasteiger partial charge in [0.2, 0.25) is 0 Å². The van der Waals surface area contributed by atoms with E-state index in [0.29, 0.717) is 11.3 Å². The van der Waals surface area contributed by atoms with Crippen LogP contribution in [0.3, 0.4) is 0 Å². The number of hydrogen-bond donors (Lipinski definition) is 4. The Morgan fingerprint density at radius 2 is 1.78 bits per heavy atom. The van der Waals surface area contributed by atoms with Crippen molar-refractivity contribution in [3.05, 3.63) is 71.4 Å². The van der Waals surface area contributed by atoms with Crippen LogP contribution in [0.25, 0.3) is 10.9 Å². The topological polar surface area (TPSA) is 121 Å². The third-order valence-corrected chi connectivity index (χ3v) is 5.26. The molecule has 2 aromatic carbocycles. The molecule has 0 radical (unpaired) electrons. The normalized spacial score (nSPS) is 13.8. The maximum Gasteiger partial charge on any atom is 0.251 e. The second kappa shape index (κ2) is 10.2. The van der Waals surface area contributed by atoms with Gasteiger partial charge < -0.3 is 15.2 Å². The number of rotatable bonds is 8. The lowest BCUT2D eigenvalue weighted by Gasteiger charge is -2.19. The lowest BCUT2D eigenvalue weighted by Crippen LogP contribution is -2.42. The Morgan fingerprint density at radius 1 is 1.09 bits per heavy atom. The molecule has 8 nitrogen and oxygen atoms in total. The fourth-order valence-electron chi connectivity index (χ4n) is 3.50. The average molecular weight is 437 g/mol. The van der Waals surface area contributed by atoms with Gasteiger partial charge in [0.15, 0.2) is 0 Å². The van der Waals surface area contributed by atoms with Crippen molar-refractivity contribution >= 4 is 22.7 Å². The van der Waals surface area contributed by atoms with Crippen LogP contribution in [0.1, 0.15) is 41.6 Å². The van der Waals surface area contributed by atoms with Crippen molar-refractivity contribution in [2.45, 2.75) is 33.0 Å². The number of carbonyl (C=O) groups excluding carboxylic acids is 2. The summed E-state index contributed by atoms with van der Waals surface area (Å²) in [5.41, 5.74) is 4.72. The molecule has 32 heavy (non-hydrogen) atoms. The summed E-state index contributed by atoms with van der Waals surface area (Å²) in [5, 5.41) is 22.0. The summed E-state index contributed by atoms with van der Waals surface area (Å²) in [6, 6.07) is 16.6. The number of aliphatic hydroxyl groups is 1. The molecule has 0 saturated carbocycles. The summed E-state index contributed by atoms with van der Waals surface area (Å²) in [4.78, 5) is 28.5. The number of ether oxygens (including phenoxy) is 1. The lowest BCUT2D eigenvalue weighted by molar-refractivity contribution is -0.136. The number of hydrogen-bond acceptors (Lipinski definition) is 6. The Morgan fingerprint density at radius 3 is 2.44 bits per heavy atom. The molecule has 2 amide bonds. The number of fused-ring (bicyclic) bond motifs is 1. The molecule has 1 aromatic heterocycles. The largest absolute Gasteiger partial charge is 0.486 e. The van der Waals surface area contributed by atoms with Gasteiger partial charge in [0.05, 0.1) is 17.5 Å². The van der Waals surface area contributed by atoms with Crippen molar-refractivity contribution in [1.29, 1.82) is 0 Å². The van der Waals surface area contributed by atoms with Gasteiger partial charge in [0.25, 0.3) is 11.8 Å². The lowest BCUT2D eigenvalue weighted by atomic mass is 10.0. The Bertz CT molecular complexity index is 1100. The zero-order chi connectivity index (χ0) is 23.3. The van der Waals surface area contributed by atoms with Crippen molar-refractivity contribution in [1.82, 2.24) is 15.8 Å². The zero-order valence-corrected chi connectivity index (χ0v) is 18.2. The third kappa shape index (κ3) is 5.40. The predicted molar refractivity (Wildman–Crippen MR) is 119 cm³/mol. The van der Waals surface area contributed by atoms with E-state index in [0.717, 1.165) is 22.2 Å². The first-order valence-corrected chi connectivity index (χ1v) is 10.3. The second-order valence-electron chi connectivity index (χ2n) is 7.69. The maximum atomic E-state index is 12.4. The molecule has 168 valence electrons. The molecule has 3 aromatic rings. The Kier molecular flexibility index (Phi) is 7.40. The van der Waals surface area contributed by atoms with Crippen LogP contribution in [-0.2, 0) is 4.79 Å². The molecule has 0 saturated heterocycles. The first-order chi connectivity index (χ1) is 15.3. The summed E-state index contributed by atoms with van der Waals surface area (Å²) < 4.78 is 6.10. The number of carbonyl (C=O) groups is 2. The van der Waals surface area contributed by atoms with E-state index in [-0.39, 0.29) is 12.6 Å². The smallest absolute Gasteiger partial charge is 0.251 e.